The lowest BCUT2D eigenvalue weighted by Crippen LogP contribution is -2.30. The van der Waals surface area contributed by atoms with E-state index in [0.29, 0.717) is 25.7 Å². The van der Waals surface area contributed by atoms with Crippen LogP contribution < -0.4 is 0 Å². The van der Waals surface area contributed by atoms with Crippen molar-refractivity contribution in [1.82, 2.24) is 0 Å². The molecular formula is C85H166O17P2. The minimum absolute atomic E-state index is 0.107. The fraction of sp³-hybridized carbons (Fsp3) is 0.953. The average Bonchev–Trinajstić information content (AvgIpc) is 0.912. The highest BCUT2D eigenvalue weighted by atomic mass is 31.2. The van der Waals surface area contributed by atoms with Crippen molar-refractivity contribution in [3.8, 4) is 0 Å². The normalized spacial score (nSPS) is 13.8. The van der Waals surface area contributed by atoms with E-state index in [0.717, 1.165) is 95.8 Å². The Morgan fingerprint density at radius 3 is 0.654 bits per heavy atom. The van der Waals surface area contributed by atoms with Gasteiger partial charge in [0.25, 0.3) is 0 Å². The number of rotatable bonds is 85. The topological polar surface area (TPSA) is 237 Å². The minimum atomic E-state index is -4.96. The molecule has 5 atom stereocenters. The molecule has 19 heteroatoms. The molecule has 0 aromatic rings. The molecular weight excluding hydrogens is 1350 g/mol. The molecule has 0 aromatic heterocycles. The number of phosphoric ester groups is 2. The van der Waals surface area contributed by atoms with Crippen molar-refractivity contribution in [2.24, 2.45) is 5.92 Å². The number of esters is 4. The fourth-order valence-corrected chi connectivity index (χ4v) is 14.9. The Morgan fingerprint density at radius 1 is 0.260 bits per heavy atom. The van der Waals surface area contributed by atoms with Gasteiger partial charge in [-0.3, -0.25) is 37.3 Å². The van der Waals surface area contributed by atoms with Gasteiger partial charge in [-0.25, -0.2) is 9.13 Å². The molecule has 0 aromatic carbocycles. The predicted octanol–water partition coefficient (Wildman–Crippen LogP) is 26.0. The summed E-state index contributed by atoms with van der Waals surface area (Å²) in [5, 5.41) is 10.7. The zero-order valence-corrected chi connectivity index (χ0v) is 70.0. The fourth-order valence-electron chi connectivity index (χ4n) is 13.3. The van der Waals surface area contributed by atoms with Gasteiger partial charge < -0.3 is 33.8 Å². The van der Waals surface area contributed by atoms with Crippen LogP contribution in [-0.2, 0) is 65.4 Å². The molecule has 618 valence electrons. The largest absolute Gasteiger partial charge is 0.472 e. The van der Waals surface area contributed by atoms with Gasteiger partial charge in [0.1, 0.15) is 19.3 Å². The molecule has 0 amide bonds. The van der Waals surface area contributed by atoms with Crippen molar-refractivity contribution in [2.45, 2.75) is 477 Å². The highest BCUT2D eigenvalue weighted by Crippen LogP contribution is 2.45. The van der Waals surface area contributed by atoms with E-state index in [1.165, 1.54) is 283 Å². The lowest BCUT2D eigenvalue weighted by atomic mass is 10.0. The molecule has 0 aliphatic carbocycles. The summed E-state index contributed by atoms with van der Waals surface area (Å²) in [4.78, 5) is 73.2. The van der Waals surface area contributed by atoms with Gasteiger partial charge in [-0.2, -0.15) is 0 Å². The molecule has 0 spiro atoms. The Bertz CT molecular complexity index is 1980. The number of aliphatic hydroxyl groups excluding tert-OH is 1. The summed E-state index contributed by atoms with van der Waals surface area (Å²) in [5.41, 5.74) is 0. The molecule has 0 radical (unpaired) electrons. The maximum atomic E-state index is 13.1. The van der Waals surface area contributed by atoms with Gasteiger partial charge in [0.05, 0.1) is 26.4 Å². The second kappa shape index (κ2) is 77.8. The monoisotopic (exact) mass is 1520 g/mol. The highest BCUT2D eigenvalue weighted by molar-refractivity contribution is 7.47. The lowest BCUT2D eigenvalue weighted by Gasteiger charge is -2.21. The number of hydrogen-bond acceptors (Lipinski definition) is 15. The first-order valence-electron chi connectivity index (χ1n) is 44.1. The van der Waals surface area contributed by atoms with Crippen LogP contribution >= 0.6 is 15.6 Å². The predicted molar refractivity (Wildman–Crippen MR) is 428 cm³/mol. The first kappa shape index (κ1) is 102. The number of carbonyl (C=O) groups is 4. The quantitative estimate of drug-likeness (QED) is 0.0222. The van der Waals surface area contributed by atoms with Crippen LogP contribution in [0.2, 0.25) is 0 Å². The van der Waals surface area contributed by atoms with Crippen molar-refractivity contribution in [3.63, 3.8) is 0 Å². The molecule has 0 fully saturated rings. The molecule has 2 unspecified atom stereocenters. The minimum Gasteiger partial charge on any atom is -0.462 e. The van der Waals surface area contributed by atoms with Crippen LogP contribution in [-0.4, -0.2) is 96.7 Å². The van der Waals surface area contributed by atoms with Crippen LogP contribution in [0.3, 0.4) is 0 Å². The maximum Gasteiger partial charge on any atom is 0.472 e. The van der Waals surface area contributed by atoms with E-state index in [9.17, 15) is 43.2 Å². The zero-order valence-electron chi connectivity index (χ0n) is 68.2. The van der Waals surface area contributed by atoms with Crippen molar-refractivity contribution >= 4 is 39.5 Å². The van der Waals surface area contributed by atoms with Crippen LogP contribution in [0.15, 0.2) is 0 Å². The van der Waals surface area contributed by atoms with Crippen molar-refractivity contribution in [2.75, 3.05) is 39.6 Å². The van der Waals surface area contributed by atoms with E-state index in [-0.39, 0.29) is 25.7 Å². The SMILES string of the molecule is CCCCCCCCCCCCCCCCCCCCCCCC(=O)O[C@H](COC(=O)CCCCCCCCCCCCCCCCCCC)COP(=O)(O)OC[C@@H](O)COP(=O)(O)OC[C@@H](COC(=O)CCCCCCCCCCCCCC)OC(=O)CCCCCCCCCCCCCC(C)C. The second-order valence-electron chi connectivity index (χ2n) is 31.1. The third kappa shape index (κ3) is 78.2. The van der Waals surface area contributed by atoms with Crippen molar-refractivity contribution in [1.29, 1.82) is 0 Å². The number of unbranched alkanes of at least 4 members (excludes halogenated alkanes) is 57. The Morgan fingerprint density at radius 2 is 0.442 bits per heavy atom. The van der Waals surface area contributed by atoms with E-state index in [1.54, 1.807) is 0 Å². The number of aliphatic hydroxyl groups is 1. The summed E-state index contributed by atoms with van der Waals surface area (Å²) in [5.74, 6) is -1.33. The smallest absolute Gasteiger partial charge is 0.462 e. The van der Waals surface area contributed by atoms with Gasteiger partial charge in [0, 0.05) is 25.7 Å². The Kier molecular flexibility index (Phi) is 76.3. The van der Waals surface area contributed by atoms with E-state index in [2.05, 4.69) is 34.6 Å². The molecule has 0 heterocycles. The van der Waals surface area contributed by atoms with Crippen LogP contribution in [0.1, 0.15) is 458 Å². The molecule has 0 saturated carbocycles. The van der Waals surface area contributed by atoms with Gasteiger partial charge in [0.2, 0.25) is 0 Å². The summed E-state index contributed by atoms with van der Waals surface area (Å²) in [6, 6.07) is 0. The van der Waals surface area contributed by atoms with Crippen LogP contribution in [0.4, 0.5) is 0 Å². The Labute approximate surface area is 638 Å². The van der Waals surface area contributed by atoms with Crippen LogP contribution in [0, 0.1) is 5.92 Å². The summed E-state index contributed by atoms with van der Waals surface area (Å²) in [6.07, 6.45) is 70.8. The third-order valence-corrected chi connectivity index (χ3v) is 21.9. The summed E-state index contributed by atoms with van der Waals surface area (Å²) >= 11 is 0. The Hall–Kier alpha value is -1.94. The average molecular weight is 1520 g/mol. The van der Waals surface area contributed by atoms with Crippen molar-refractivity contribution in [3.05, 3.63) is 0 Å². The molecule has 17 nitrogen and oxygen atoms in total. The number of hydrogen-bond donors (Lipinski definition) is 3. The standard InChI is InChI=1S/C85H166O17P2/c1-6-9-12-15-18-21-24-27-29-31-32-33-34-36-38-40-45-50-55-60-65-70-84(89)101-80(75-96-83(88)69-64-59-54-49-44-39-37-35-30-28-25-22-19-16-13-10-7-2)76-99-103(91,92)97-72-79(86)73-98-104(93,94)100-77-81(74-95-82(87)68-63-58-53-48-43-26-23-20-17-14-11-8-3)102-85(90)71-66-61-56-51-46-41-42-47-52-57-62-67-78(4)5/h78-81,86H,6-77H2,1-5H3,(H,91,92)(H,93,94)/t79-,80-,81-/m1/s1. The van der Waals surface area contributed by atoms with Gasteiger partial charge in [-0.1, -0.05) is 407 Å². The van der Waals surface area contributed by atoms with E-state index in [1.807, 2.05) is 0 Å². The molecule has 0 aliphatic rings. The van der Waals surface area contributed by atoms with E-state index in [4.69, 9.17) is 37.0 Å². The second-order valence-corrected chi connectivity index (χ2v) is 34.0. The molecule has 0 saturated heterocycles. The molecule has 3 N–H and O–H groups in total. The molecule has 0 rings (SSSR count). The summed E-state index contributed by atoms with van der Waals surface area (Å²) in [7, 11) is -9.93. The van der Waals surface area contributed by atoms with Gasteiger partial charge in [-0.05, 0) is 31.6 Å². The summed E-state index contributed by atoms with van der Waals surface area (Å²) in [6.45, 7) is 7.36. The van der Waals surface area contributed by atoms with E-state index >= 15 is 0 Å². The molecule has 0 bridgehead atoms. The van der Waals surface area contributed by atoms with Crippen LogP contribution in [0.25, 0.3) is 0 Å². The number of ether oxygens (including phenoxy) is 4. The summed E-state index contributed by atoms with van der Waals surface area (Å²) < 4.78 is 68.9. The lowest BCUT2D eigenvalue weighted by molar-refractivity contribution is -0.161. The van der Waals surface area contributed by atoms with E-state index < -0.39 is 97.5 Å². The van der Waals surface area contributed by atoms with Crippen LogP contribution in [0.5, 0.6) is 0 Å². The highest BCUT2D eigenvalue weighted by Gasteiger charge is 2.30. The Balaban J connectivity index is 5.24. The first-order valence-corrected chi connectivity index (χ1v) is 47.1. The van der Waals surface area contributed by atoms with Gasteiger partial charge in [0.15, 0.2) is 12.2 Å². The number of carbonyl (C=O) groups excluding carboxylic acids is 4. The molecule has 104 heavy (non-hydrogen) atoms. The van der Waals surface area contributed by atoms with Crippen molar-refractivity contribution < 1.29 is 80.2 Å². The molecule has 0 aliphatic heterocycles. The third-order valence-electron chi connectivity index (χ3n) is 20.0. The van der Waals surface area contributed by atoms with Gasteiger partial charge in [-0.15, -0.1) is 0 Å². The zero-order chi connectivity index (χ0) is 76.2. The maximum absolute atomic E-state index is 13.1. The van der Waals surface area contributed by atoms with Gasteiger partial charge >= 0.3 is 39.5 Å². The first-order chi connectivity index (χ1) is 50.5. The number of phosphoric acid groups is 2.